The largest absolute Gasteiger partial charge is 0.573 e. The molecule has 4 nitrogen and oxygen atoms in total. The zero-order valence-electron chi connectivity index (χ0n) is 11.1. The number of benzene rings is 1. The molecule has 8 heteroatoms. The van der Waals surface area contributed by atoms with Crippen LogP contribution >= 0.6 is 0 Å². The maximum atomic E-state index is 13.5. The van der Waals surface area contributed by atoms with Crippen LogP contribution in [0.5, 0.6) is 5.75 Å². The number of pyridine rings is 1. The lowest BCUT2D eigenvalue weighted by Crippen LogP contribution is -2.17. The lowest BCUT2D eigenvalue weighted by molar-refractivity contribution is -0.274. The standard InChI is InChI=1S/C14H9F4NO3/c1-21-13(20)12-9(15)6-7-10(19-12)8-4-2-3-5-11(8)22-14(16,17)18/h2-7H,1H3. The molecular weight excluding hydrogens is 306 g/mol. The van der Waals surface area contributed by atoms with E-state index in [1.54, 1.807) is 0 Å². The number of carbonyl (C=O) groups excluding carboxylic acids is 1. The van der Waals surface area contributed by atoms with Crippen molar-refractivity contribution in [3.63, 3.8) is 0 Å². The summed E-state index contributed by atoms with van der Waals surface area (Å²) in [5.74, 6) is -2.48. The van der Waals surface area contributed by atoms with Gasteiger partial charge in [0.05, 0.1) is 12.8 Å². The molecule has 0 radical (unpaired) electrons. The van der Waals surface area contributed by atoms with Crippen LogP contribution in [0.15, 0.2) is 36.4 Å². The van der Waals surface area contributed by atoms with E-state index in [0.29, 0.717) is 0 Å². The summed E-state index contributed by atoms with van der Waals surface area (Å²) in [5, 5.41) is 0. The molecule has 0 saturated heterocycles. The Morgan fingerprint density at radius 3 is 2.45 bits per heavy atom. The van der Waals surface area contributed by atoms with Gasteiger partial charge in [0.2, 0.25) is 0 Å². The number of ether oxygens (including phenoxy) is 2. The predicted molar refractivity (Wildman–Crippen MR) is 67.7 cm³/mol. The number of hydrogen-bond donors (Lipinski definition) is 0. The number of nitrogens with zero attached hydrogens (tertiary/aromatic N) is 1. The number of esters is 1. The molecule has 22 heavy (non-hydrogen) atoms. The molecule has 0 bridgehead atoms. The highest BCUT2D eigenvalue weighted by Crippen LogP contribution is 2.33. The number of para-hydroxylation sites is 1. The van der Waals surface area contributed by atoms with E-state index in [9.17, 15) is 22.4 Å². The van der Waals surface area contributed by atoms with Gasteiger partial charge in [-0.3, -0.25) is 0 Å². The van der Waals surface area contributed by atoms with Gasteiger partial charge >= 0.3 is 12.3 Å². The third kappa shape index (κ3) is 3.51. The molecule has 1 aromatic carbocycles. The SMILES string of the molecule is COC(=O)c1nc(-c2ccccc2OC(F)(F)F)ccc1F. The van der Waals surface area contributed by atoms with Crippen molar-refractivity contribution in [1.29, 1.82) is 0 Å². The van der Waals surface area contributed by atoms with Crippen molar-refractivity contribution < 1.29 is 31.8 Å². The molecular formula is C14H9F4NO3. The van der Waals surface area contributed by atoms with Crippen molar-refractivity contribution in [1.82, 2.24) is 4.98 Å². The van der Waals surface area contributed by atoms with E-state index in [1.807, 2.05) is 0 Å². The van der Waals surface area contributed by atoms with Gasteiger partial charge in [-0.15, -0.1) is 13.2 Å². The minimum Gasteiger partial charge on any atom is -0.464 e. The van der Waals surface area contributed by atoms with Crippen LogP contribution in [0.3, 0.4) is 0 Å². The average Bonchev–Trinajstić information content (AvgIpc) is 2.46. The van der Waals surface area contributed by atoms with Crippen LogP contribution < -0.4 is 4.74 Å². The summed E-state index contributed by atoms with van der Waals surface area (Å²) in [5.41, 5.74) is -0.714. The maximum absolute atomic E-state index is 13.5. The Labute approximate surface area is 122 Å². The smallest absolute Gasteiger partial charge is 0.464 e. The van der Waals surface area contributed by atoms with Crippen LogP contribution in [-0.4, -0.2) is 24.4 Å². The van der Waals surface area contributed by atoms with Gasteiger partial charge in [-0.05, 0) is 24.3 Å². The number of carbonyl (C=O) groups is 1. The normalized spacial score (nSPS) is 11.1. The van der Waals surface area contributed by atoms with Crippen LogP contribution in [0.1, 0.15) is 10.5 Å². The van der Waals surface area contributed by atoms with Crippen molar-refractivity contribution >= 4 is 5.97 Å². The summed E-state index contributed by atoms with van der Waals surface area (Å²) >= 11 is 0. The van der Waals surface area contributed by atoms with Gasteiger partial charge < -0.3 is 9.47 Å². The second kappa shape index (κ2) is 6.00. The summed E-state index contributed by atoms with van der Waals surface area (Å²) in [6, 6.07) is 7.25. The van der Waals surface area contributed by atoms with Gasteiger partial charge in [-0.25, -0.2) is 14.2 Å². The highest BCUT2D eigenvalue weighted by atomic mass is 19.4. The highest BCUT2D eigenvalue weighted by Gasteiger charge is 2.32. The molecule has 116 valence electrons. The number of halogens is 4. The molecule has 2 rings (SSSR count). The van der Waals surface area contributed by atoms with Crippen LogP contribution in [-0.2, 0) is 4.74 Å². The summed E-state index contributed by atoms with van der Waals surface area (Å²) in [6.45, 7) is 0. The van der Waals surface area contributed by atoms with Crippen molar-refractivity contribution in [2.45, 2.75) is 6.36 Å². The first-order chi connectivity index (χ1) is 10.3. The van der Waals surface area contributed by atoms with Crippen LogP contribution in [0.25, 0.3) is 11.3 Å². The molecule has 0 fully saturated rings. The van der Waals surface area contributed by atoms with Gasteiger partial charge in [0.1, 0.15) is 5.75 Å². The molecule has 0 saturated carbocycles. The number of rotatable bonds is 3. The van der Waals surface area contributed by atoms with Crippen LogP contribution in [0, 0.1) is 5.82 Å². The maximum Gasteiger partial charge on any atom is 0.573 e. The van der Waals surface area contributed by atoms with Crippen LogP contribution in [0.4, 0.5) is 17.6 Å². The minimum atomic E-state index is -4.89. The van der Waals surface area contributed by atoms with Gasteiger partial charge in [-0.2, -0.15) is 0 Å². The third-order valence-electron chi connectivity index (χ3n) is 2.61. The van der Waals surface area contributed by atoms with Crippen LogP contribution in [0.2, 0.25) is 0 Å². The quantitative estimate of drug-likeness (QED) is 0.642. The molecule has 0 aliphatic heterocycles. The van der Waals surface area contributed by atoms with E-state index in [0.717, 1.165) is 25.3 Å². The molecule has 2 aromatic rings. The summed E-state index contributed by atoms with van der Waals surface area (Å²) in [7, 11) is 1.04. The number of methoxy groups -OCH3 is 1. The molecule has 1 aromatic heterocycles. The van der Waals surface area contributed by atoms with E-state index < -0.39 is 29.6 Å². The number of aromatic nitrogens is 1. The molecule has 0 aliphatic rings. The highest BCUT2D eigenvalue weighted by molar-refractivity contribution is 5.88. The summed E-state index contributed by atoms with van der Waals surface area (Å²) < 4.78 is 58.9. The van der Waals surface area contributed by atoms with Gasteiger partial charge in [-0.1, -0.05) is 12.1 Å². The summed E-state index contributed by atoms with van der Waals surface area (Å²) in [6.07, 6.45) is -4.89. The molecule has 0 atom stereocenters. The van der Waals surface area contributed by atoms with Gasteiger partial charge in [0, 0.05) is 5.56 Å². The second-order valence-corrected chi connectivity index (χ2v) is 4.06. The molecule has 0 N–H and O–H groups in total. The first-order valence-corrected chi connectivity index (χ1v) is 5.92. The Morgan fingerprint density at radius 2 is 1.82 bits per heavy atom. The molecule has 0 aliphatic carbocycles. The van der Waals surface area contributed by atoms with E-state index in [1.165, 1.54) is 18.2 Å². The number of hydrogen-bond acceptors (Lipinski definition) is 4. The third-order valence-corrected chi connectivity index (χ3v) is 2.61. The molecule has 0 amide bonds. The average molecular weight is 315 g/mol. The Bertz CT molecular complexity index is 701. The molecule has 1 heterocycles. The Balaban J connectivity index is 2.51. The van der Waals surface area contributed by atoms with E-state index in [2.05, 4.69) is 14.5 Å². The zero-order valence-corrected chi connectivity index (χ0v) is 11.1. The van der Waals surface area contributed by atoms with Crippen molar-refractivity contribution in [3.05, 3.63) is 47.9 Å². The number of alkyl halides is 3. The van der Waals surface area contributed by atoms with Gasteiger partial charge in [0.15, 0.2) is 11.5 Å². The fraction of sp³-hybridized carbons (Fsp3) is 0.143. The monoisotopic (exact) mass is 315 g/mol. The first kappa shape index (κ1) is 15.7. The van der Waals surface area contributed by atoms with Crippen molar-refractivity contribution in [2.75, 3.05) is 7.11 Å². The fourth-order valence-corrected chi connectivity index (χ4v) is 1.72. The Morgan fingerprint density at radius 1 is 1.14 bits per heavy atom. The second-order valence-electron chi connectivity index (χ2n) is 4.06. The first-order valence-electron chi connectivity index (χ1n) is 5.92. The Hall–Kier alpha value is -2.64. The van der Waals surface area contributed by atoms with Crippen molar-refractivity contribution in [2.24, 2.45) is 0 Å². The van der Waals surface area contributed by atoms with E-state index >= 15 is 0 Å². The van der Waals surface area contributed by atoms with Gasteiger partial charge in [0.25, 0.3) is 0 Å². The lowest BCUT2D eigenvalue weighted by Gasteiger charge is -2.13. The van der Waals surface area contributed by atoms with E-state index in [4.69, 9.17) is 0 Å². The predicted octanol–water partition coefficient (Wildman–Crippen LogP) is 3.57. The molecule has 0 spiro atoms. The minimum absolute atomic E-state index is 0.0371. The zero-order chi connectivity index (χ0) is 16.3. The molecule has 0 unspecified atom stereocenters. The Kier molecular flexibility index (Phi) is 4.30. The summed E-state index contributed by atoms with van der Waals surface area (Å²) in [4.78, 5) is 15.1. The topological polar surface area (TPSA) is 48.4 Å². The van der Waals surface area contributed by atoms with Crippen molar-refractivity contribution in [3.8, 4) is 17.0 Å². The lowest BCUT2D eigenvalue weighted by atomic mass is 10.1. The fourth-order valence-electron chi connectivity index (χ4n) is 1.72. The van der Waals surface area contributed by atoms with E-state index in [-0.39, 0.29) is 11.3 Å².